The molecule has 0 saturated carbocycles. The van der Waals surface area contributed by atoms with Crippen molar-refractivity contribution in [3.05, 3.63) is 97.0 Å². The van der Waals surface area contributed by atoms with Crippen LogP contribution in [0, 0.1) is 13.5 Å². The Bertz CT molecular complexity index is 832. The molecule has 0 atom stereocenters. The Kier molecular flexibility index (Phi) is 7.62. The molecule has 0 unspecified atom stereocenters. The van der Waals surface area contributed by atoms with Crippen molar-refractivity contribution in [3.63, 3.8) is 0 Å². The number of carbonyl (C=O) groups is 1. The number of ketones is 1. The molecule has 26 heavy (non-hydrogen) atoms. The quantitative estimate of drug-likeness (QED) is 0.335. The van der Waals surface area contributed by atoms with Gasteiger partial charge in [-0.3, -0.25) is 4.79 Å². The molecule has 0 amide bonds. The van der Waals surface area contributed by atoms with Gasteiger partial charge in [0.2, 0.25) is 0 Å². The van der Waals surface area contributed by atoms with Gasteiger partial charge in [-0.05, 0) is 16.7 Å². The van der Waals surface area contributed by atoms with E-state index in [0.717, 1.165) is 11.3 Å². The largest absolute Gasteiger partial charge is 0.358 e. The van der Waals surface area contributed by atoms with Gasteiger partial charge in [-0.1, -0.05) is 57.2 Å². The summed E-state index contributed by atoms with van der Waals surface area (Å²) < 4.78 is 0. The Morgan fingerprint density at radius 1 is 0.923 bits per heavy atom. The molecule has 0 bridgehead atoms. The Morgan fingerprint density at radius 2 is 1.58 bits per heavy atom. The third-order valence-corrected chi connectivity index (χ3v) is 4.02. The van der Waals surface area contributed by atoms with Gasteiger partial charge in [-0.2, -0.15) is 0 Å². The standard InChI is InChI=1S/C22H20NO.CH3.Ir/c1-22(2,3)19-12-9-17(10-13-19)21(24)18-11-14-20(23-15-18)16-7-5-4-6-8-16;;/h4-7,9-15H,1-3H3;1H3;/q2*-1;. The second kappa shape index (κ2) is 9.02. The molecule has 1 aromatic heterocycles. The van der Waals surface area contributed by atoms with Crippen molar-refractivity contribution in [3.8, 4) is 11.3 Å². The zero-order chi connectivity index (χ0) is 17.2. The van der Waals surface area contributed by atoms with E-state index >= 15 is 0 Å². The summed E-state index contributed by atoms with van der Waals surface area (Å²) in [5.74, 6) is -0.00782. The van der Waals surface area contributed by atoms with Gasteiger partial charge in [-0.15, -0.1) is 35.9 Å². The van der Waals surface area contributed by atoms with Crippen LogP contribution in [-0.2, 0) is 25.5 Å². The maximum atomic E-state index is 12.6. The molecule has 0 aliphatic carbocycles. The van der Waals surface area contributed by atoms with Crippen LogP contribution in [-0.4, -0.2) is 10.8 Å². The molecule has 0 saturated heterocycles. The van der Waals surface area contributed by atoms with E-state index in [9.17, 15) is 4.79 Å². The number of rotatable bonds is 3. The summed E-state index contributed by atoms with van der Waals surface area (Å²) in [4.78, 5) is 17.0. The van der Waals surface area contributed by atoms with E-state index in [2.05, 4.69) is 31.8 Å². The van der Waals surface area contributed by atoms with E-state index in [0.29, 0.717) is 11.1 Å². The molecule has 0 aliphatic rings. The summed E-state index contributed by atoms with van der Waals surface area (Å²) in [6, 6.07) is 22.3. The minimum Gasteiger partial charge on any atom is -0.358 e. The maximum absolute atomic E-state index is 12.6. The fraction of sp³-hybridized carbons (Fsp3) is 0.174. The summed E-state index contributed by atoms with van der Waals surface area (Å²) in [5, 5.41) is 0. The number of nitrogens with zero attached hydrogens (tertiary/aromatic N) is 1. The van der Waals surface area contributed by atoms with Crippen molar-refractivity contribution >= 4 is 5.78 Å². The number of pyridine rings is 1. The second-order valence-electron chi connectivity index (χ2n) is 6.86. The summed E-state index contributed by atoms with van der Waals surface area (Å²) >= 11 is 0. The van der Waals surface area contributed by atoms with Crippen LogP contribution in [0.1, 0.15) is 42.3 Å². The first-order chi connectivity index (χ1) is 11.4. The van der Waals surface area contributed by atoms with Crippen LogP contribution in [0.5, 0.6) is 0 Å². The number of carbonyl (C=O) groups excluding carboxylic acids is 1. The van der Waals surface area contributed by atoms with Crippen LogP contribution in [0.2, 0.25) is 0 Å². The Balaban J connectivity index is 0.00000169. The minimum absolute atomic E-state index is 0. The van der Waals surface area contributed by atoms with Gasteiger partial charge in [0.1, 0.15) is 0 Å². The number of hydrogen-bond donors (Lipinski definition) is 0. The van der Waals surface area contributed by atoms with E-state index in [1.165, 1.54) is 5.56 Å². The van der Waals surface area contributed by atoms with E-state index < -0.39 is 0 Å². The molecule has 1 radical (unpaired) electrons. The van der Waals surface area contributed by atoms with Gasteiger partial charge >= 0.3 is 0 Å². The fourth-order valence-corrected chi connectivity index (χ4v) is 2.53. The van der Waals surface area contributed by atoms with Crippen molar-refractivity contribution in [2.75, 3.05) is 0 Å². The van der Waals surface area contributed by atoms with Gasteiger partial charge in [0, 0.05) is 37.4 Å². The summed E-state index contributed by atoms with van der Waals surface area (Å²) in [6.45, 7) is 6.48. The smallest absolute Gasteiger partial charge is 0.194 e. The van der Waals surface area contributed by atoms with Crippen LogP contribution in [0.25, 0.3) is 11.3 Å². The molecule has 3 rings (SSSR count). The molecule has 3 heteroatoms. The topological polar surface area (TPSA) is 30.0 Å². The van der Waals surface area contributed by atoms with Crippen LogP contribution in [0.3, 0.4) is 0 Å². The van der Waals surface area contributed by atoms with Crippen molar-refractivity contribution in [1.82, 2.24) is 4.98 Å². The molecule has 3 aromatic rings. The molecule has 2 nitrogen and oxygen atoms in total. The molecule has 0 aliphatic heterocycles. The first-order valence-corrected chi connectivity index (χ1v) is 8.03. The predicted octanol–water partition coefficient (Wildman–Crippen LogP) is 5.53. The van der Waals surface area contributed by atoms with Crippen LogP contribution < -0.4 is 0 Å². The van der Waals surface area contributed by atoms with Crippen LogP contribution in [0.4, 0.5) is 0 Å². The van der Waals surface area contributed by atoms with Gasteiger partial charge in [-0.25, -0.2) is 0 Å². The zero-order valence-electron chi connectivity index (χ0n) is 15.5. The van der Waals surface area contributed by atoms with E-state index in [1.807, 2.05) is 60.7 Å². The first-order valence-electron chi connectivity index (χ1n) is 8.03. The van der Waals surface area contributed by atoms with Gasteiger partial charge in [0.25, 0.3) is 0 Å². The van der Waals surface area contributed by atoms with Crippen molar-refractivity contribution < 1.29 is 24.9 Å². The van der Waals surface area contributed by atoms with E-state index in [1.54, 1.807) is 6.20 Å². The third-order valence-electron chi connectivity index (χ3n) is 4.02. The monoisotopic (exact) mass is 522 g/mol. The van der Waals surface area contributed by atoms with Crippen LogP contribution >= 0.6 is 0 Å². The predicted molar refractivity (Wildman–Crippen MR) is 103 cm³/mol. The summed E-state index contributed by atoms with van der Waals surface area (Å²) in [6.07, 6.45) is 1.64. The van der Waals surface area contributed by atoms with Gasteiger partial charge in [0.05, 0.1) is 0 Å². The maximum Gasteiger partial charge on any atom is 0.194 e. The molecular formula is C23H23IrNO-2. The molecule has 0 spiro atoms. The molecule has 0 fully saturated rings. The van der Waals surface area contributed by atoms with E-state index in [4.69, 9.17) is 0 Å². The Labute approximate surface area is 170 Å². The fourth-order valence-electron chi connectivity index (χ4n) is 2.53. The first kappa shape index (κ1) is 22.0. The zero-order valence-corrected chi connectivity index (χ0v) is 17.9. The number of hydrogen-bond acceptors (Lipinski definition) is 2. The molecular weight excluding hydrogens is 498 g/mol. The third kappa shape index (κ3) is 4.97. The SMILES string of the molecule is CC(C)(C)c1ccc(C(=O)c2ccc(-c3[c-]cccc3)nc2)cc1.[CH3-].[Ir]. The minimum atomic E-state index is -0.00782. The average Bonchev–Trinajstić information content (AvgIpc) is 2.61. The van der Waals surface area contributed by atoms with E-state index in [-0.39, 0.29) is 38.7 Å². The normalized spacial score (nSPS) is 10.4. The number of benzene rings is 2. The summed E-state index contributed by atoms with van der Waals surface area (Å²) in [5.41, 5.74) is 4.31. The molecule has 1 heterocycles. The molecule has 0 N–H and O–H groups in total. The van der Waals surface area contributed by atoms with Gasteiger partial charge in [0.15, 0.2) is 5.78 Å². The second-order valence-corrected chi connectivity index (χ2v) is 6.86. The molecule has 2 aromatic carbocycles. The summed E-state index contributed by atoms with van der Waals surface area (Å²) in [7, 11) is 0. The van der Waals surface area contributed by atoms with Crippen molar-refractivity contribution in [1.29, 1.82) is 0 Å². The number of aromatic nitrogens is 1. The Hall–Kier alpha value is -2.09. The molecule has 137 valence electrons. The van der Waals surface area contributed by atoms with Crippen LogP contribution in [0.15, 0.2) is 66.9 Å². The van der Waals surface area contributed by atoms with Crippen molar-refractivity contribution in [2.45, 2.75) is 26.2 Å². The van der Waals surface area contributed by atoms with Gasteiger partial charge < -0.3 is 12.4 Å². The van der Waals surface area contributed by atoms with Crippen molar-refractivity contribution in [2.24, 2.45) is 0 Å². The average molecular weight is 522 g/mol. The Morgan fingerprint density at radius 3 is 2.08 bits per heavy atom.